The number of likely N-dealkylation sites (tertiary alicyclic amines) is 1. The lowest BCUT2D eigenvalue weighted by Crippen LogP contribution is -2.35. The van der Waals surface area contributed by atoms with Crippen molar-refractivity contribution in [1.29, 1.82) is 0 Å². The molecule has 1 aliphatic heterocycles. The molecule has 0 aromatic rings. The van der Waals surface area contributed by atoms with Crippen molar-refractivity contribution in [2.45, 2.75) is 31.8 Å². The van der Waals surface area contributed by atoms with Gasteiger partial charge in [-0.05, 0) is 26.8 Å². The first-order chi connectivity index (χ1) is 4.25. The average molecular weight is 128 g/mol. The Bertz CT molecular complexity index is 92.9. The van der Waals surface area contributed by atoms with Crippen LogP contribution in [0.4, 0.5) is 0 Å². The molecule has 2 nitrogen and oxygen atoms in total. The van der Waals surface area contributed by atoms with Crippen LogP contribution in [0.25, 0.3) is 0 Å². The summed E-state index contributed by atoms with van der Waals surface area (Å²) in [7, 11) is 2.16. The smallest absolute Gasteiger partial charge is 0.0218 e. The van der Waals surface area contributed by atoms with E-state index in [0.717, 1.165) is 12.6 Å². The summed E-state index contributed by atoms with van der Waals surface area (Å²) in [5.74, 6) is 0. The lowest BCUT2D eigenvalue weighted by atomic mass is 10.2. The van der Waals surface area contributed by atoms with E-state index in [0.29, 0.717) is 6.04 Å². The van der Waals surface area contributed by atoms with Gasteiger partial charge in [-0.15, -0.1) is 0 Å². The van der Waals surface area contributed by atoms with Crippen LogP contribution in [0.3, 0.4) is 0 Å². The van der Waals surface area contributed by atoms with Crippen LogP contribution < -0.4 is 5.73 Å². The van der Waals surface area contributed by atoms with E-state index in [9.17, 15) is 0 Å². The van der Waals surface area contributed by atoms with E-state index in [1.807, 2.05) is 0 Å². The monoisotopic (exact) mass is 128 g/mol. The molecule has 9 heavy (non-hydrogen) atoms. The summed E-state index contributed by atoms with van der Waals surface area (Å²) >= 11 is 0. The lowest BCUT2D eigenvalue weighted by Gasteiger charge is -2.21. The van der Waals surface area contributed by atoms with Gasteiger partial charge in [0.25, 0.3) is 0 Å². The predicted molar refractivity (Wildman–Crippen MR) is 39.3 cm³/mol. The van der Waals surface area contributed by atoms with Gasteiger partial charge in [-0.2, -0.15) is 0 Å². The Morgan fingerprint density at radius 2 is 2.22 bits per heavy atom. The van der Waals surface area contributed by atoms with Gasteiger partial charge in [-0.3, -0.25) is 4.90 Å². The second-order valence-electron chi connectivity index (χ2n) is 2.98. The number of hydrogen-bond acceptors (Lipinski definition) is 2. The van der Waals surface area contributed by atoms with Gasteiger partial charge >= 0.3 is 0 Å². The van der Waals surface area contributed by atoms with E-state index >= 15 is 0 Å². The summed E-state index contributed by atoms with van der Waals surface area (Å²) in [6.07, 6.45) is 2.60. The van der Waals surface area contributed by atoms with Gasteiger partial charge in [0.2, 0.25) is 0 Å². The molecule has 1 fully saturated rings. The second kappa shape index (κ2) is 2.67. The topological polar surface area (TPSA) is 29.3 Å². The Morgan fingerprint density at radius 1 is 1.56 bits per heavy atom. The van der Waals surface area contributed by atoms with Crippen molar-refractivity contribution in [3.05, 3.63) is 0 Å². The van der Waals surface area contributed by atoms with Gasteiger partial charge in [0, 0.05) is 18.6 Å². The number of rotatable bonds is 1. The number of hydrogen-bond donors (Lipinski definition) is 1. The molecule has 0 bridgehead atoms. The van der Waals surface area contributed by atoms with Crippen LogP contribution in [0.1, 0.15) is 19.8 Å². The third-order valence-corrected chi connectivity index (χ3v) is 2.46. The fourth-order valence-electron chi connectivity index (χ4n) is 1.48. The third-order valence-electron chi connectivity index (χ3n) is 2.46. The average Bonchev–Trinajstić information content (AvgIpc) is 2.15. The Kier molecular flexibility index (Phi) is 2.09. The van der Waals surface area contributed by atoms with Gasteiger partial charge < -0.3 is 5.73 Å². The summed E-state index contributed by atoms with van der Waals surface area (Å²) in [5.41, 5.74) is 5.54. The van der Waals surface area contributed by atoms with Crippen molar-refractivity contribution in [2.75, 3.05) is 13.6 Å². The Morgan fingerprint density at radius 3 is 2.44 bits per heavy atom. The molecule has 1 rings (SSSR count). The highest BCUT2D eigenvalue weighted by molar-refractivity contribution is 4.82. The summed E-state index contributed by atoms with van der Waals surface area (Å²) in [5, 5.41) is 0. The number of nitrogens with zero attached hydrogens (tertiary/aromatic N) is 1. The lowest BCUT2D eigenvalue weighted by molar-refractivity contribution is 0.258. The quantitative estimate of drug-likeness (QED) is 0.555. The molecular formula is C7H16N2. The maximum Gasteiger partial charge on any atom is 0.0218 e. The van der Waals surface area contributed by atoms with Gasteiger partial charge in [0.15, 0.2) is 0 Å². The van der Waals surface area contributed by atoms with E-state index in [1.54, 1.807) is 0 Å². The molecule has 0 aromatic heterocycles. The molecule has 1 heterocycles. The fourth-order valence-corrected chi connectivity index (χ4v) is 1.48. The first-order valence-electron chi connectivity index (χ1n) is 3.67. The van der Waals surface area contributed by atoms with Crippen molar-refractivity contribution in [3.8, 4) is 0 Å². The number of nitrogens with two attached hydrogens (primary N) is 1. The Hall–Kier alpha value is -0.0800. The minimum atomic E-state index is 0.653. The van der Waals surface area contributed by atoms with Crippen LogP contribution in [-0.2, 0) is 0 Å². The Balaban J connectivity index is 2.41. The molecule has 0 aliphatic carbocycles. The zero-order valence-corrected chi connectivity index (χ0v) is 6.30. The van der Waals surface area contributed by atoms with E-state index in [-0.39, 0.29) is 0 Å². The van der Waals surface area contributed by atoms with E-state index < -0.39 is 0 Å². The summed E-state index contributed by atoms with van der Waals surface area (Å²) < 4.78 is 0. The zero-order chi connectivity index (χ0) is 6.85. The van der Waals surface area contributed by atoms with Crippen LogP contribution in [0, 0.1) is 0 Å². The molecule has 0 radical (unpaired) electrons. The summed E-state index contributed by atoms with van der Waals surface area (Å²) in [4.78, 5) is 2.38. The molecule has 1 saturated heterocycles. The van der Waals surface area contributed by atoms with Crippen LogP contribution in [0.15, 0.2) is 0 Å². The molecule has 2 heteroatoms. The van der Waals surface area contributed by atoms with Crippen molar-refractivity contribution >= 4 is 0 Å². The Labute approximate surface area is 57.0 Å². The molecule has 2 unspecified atom stereocenters. The minimum Gasteiger partial charge on any atom is -0.329 e. The predicted octanol–water partition coefficient (Wildman–Crippen LogP) is 0.428. The molecule has 0 saturated carbocycles. The molecule has 2 atom stereocenters. The molecule has 1 aliphatic rings. The van der Waals surface area contributed by atoms with Gasteiger partial charge in [0.05, 0.1) is 0 Å². The molecule has 0 aromatic carbocycles. The standard InChI is InChI=1S/C7H16N2/c1-6-3-4-7(5-8)9(6)2/h6-7H,3-5,8H2,1-2H3. The molecule has 2 N–H and O–H groups in total. The van der Waals surface area contributed by atoms with Crippen LogP contribution in [0.5, 0.6) is 0 Å². The minimum absolute atomic E-state index is 0.653. The molecule has 0 amide bonds. The first-order valence-corrected chi connectivity index (χ1v) is 3.67. The SMILES string of the molecule is CC1CCC(CN)N1C. The largest absolute Gasteiger partial charge is 0.329 e. The summed E-state index contributed by atoms with van der Waals surface area (Å²) in [6.45, 7) is 3.08. The van der Waals surface area contributed by atoms with Gasteiger partial charge in [-0.1, -0.05) is 0 Å². The first kappa shape index (κ1) is 7.03. The third kappa shape index (κ3) is 1.25. The van der Waals surface area contributed by atoms with Crippen LogP contribution >= 0.6 is 0 Å². The number of likely N-dealkylation sites (N-methyl/N-ethyl adjacent to an activating group) is 1. The van der Waals surface area contributed by atoms with Gasteiger partial charge in [0.1, 0.15) is 0 Å². The van der Waals surface area contributed by atoms with E-state index in [1.165, 1.54) is 12.8 Å². The highest BCUT2D eigenvalue weighted by Crippen LogP contribution is 2.20. The van der Waals surface area contributed by atoms with E-state index in [4.69, 9.17) is 5.73 Å². The van der Waals surface area contributed by atoms with Crippen molar-refractivity contribution in [3.63, 3.8) is 0 Å². The highest BCUT2D eigenvalue weighted by atomic mass is 15.2. The molecule has 54 valence electrons. The van der Waals surface area contributed by atoms with Crippen molar-refractivity contribution in [2.24, 2.45) is 5.73 Å². The fraction of sp³-hybridized carbons (Fsp3) is 1.00. The normalized spacial score (nSPS) is 37.7. The molecular weight excluding hydrogens is 112 g/mol. The maximum atomic E-state index is 5.54. The zero-order valence-electron chi connectivity index (χ0n) is 6.30. The van der Waals surface area contributed by atoms with Crippen LogP contribution in [0.2, 0.25) is 0 Å². The highest BCUT2D eigenvalue weighted by Gasteiger charge is 2.25. The molecule has 0 spiro atoms. The van der Waals surface area contributed by atoms with Crippen molar-refractivity contribution < 1.29 is 0 Å². The van der Waals surface area contributed by atoms with Crippen molar-refractivity contribution in [1.82, 2.24) is 4.90 Å². The van der Waals surface area contributed by atoms with Gasteiger partial charge in [-0.25, -0.2) is 0 Å². The van der Waals surface area contributed by atoms with Crippen LogP contribution in [-0.4, -0.2) is 30.6 Å². The maximum absolute atomic E-state index is 5.54. The summed E-state index contributed by atoms with van der Waals surface area (Å²) in [6, 6.07) is 1.40. The second-order valence-corrected chi connectivity index (χ2v) is 2.98. The van der Waals surface area contributed by atoms with E-state index in [2.05, 4.69) is 18.9 Å².